The highest BCUT2D eigenvalue weighted by Gasteiger charge is 2.22. The van der Waals surface area contributed by atoms with Gasteiger partial charge in [-0.2, -0.15) is 0 Å². The third-order valence-electron chi connectivity index (χ3n) is 4.57. The zero-order valence-electron chi connectivity index (χ0n) is 17.8. The van der Waals surface area contributed by atoms with E-state index in [0.717, 1.165) is 5.56 Å². The van der Waals surface area contributed by atoms with Crippen molar-refractivity contribution in [1.29, 1.82) is 0 Å². The van der Waals surface area contributed by atoms with Crippen molar-refractivity contribution in [2.24, 2.45) is 0 Å². The summed E-state index contributed by atoms with van der Waals surface area (Å²) in [5, 5.41) is 36.2. The number of benzene rings is 1. The zero-order valence-corrected chi connectivity index (χ0v) is 17.8. The number of anilines is 1. The normalized spacial score (nSPS) is 12.0. The Kier molecular flexibility index (Phi) is 11.2. The van der Waals surface area contributed by atoms with Crippen LogP contribution in [0.5, 0.6) is 0 Å². The molecule has 1 amide bonds. The summed E-state index contributed by atoms with van der Waals surface area (Å²) >= 11 is 0. The molecule has 0 aliphatic heterocycles. The SMILES string of the molecule is CCCN(CC(=O)[O-])CC(Cc1ccc(NC(=O)CC)cc1)N(CC(=O)[O-])CC(=O)[O-]. The molecule has 1 N–H and O–H groups in total. The number of nitrogens with zero attached hydrogens (tertiary/aromatic N) is 2. The Hall–Kier alpha value is -2.98. The van der Waals surface area contributed by atoms with Crippen LogP contribution in [0.2, 0.25) is 0 Å². The predicted octanol–water partition coefficient (Wildman–Crippen LogP) is -2.79. The third kappa shape index (κ3) is 10.6. The highest BCUT2D eigenvalue weighted by molar-refractivity contribution is 5.90. The molecule has 0 bridgehead atoms. The van der Waals surface area contributed by atoms with E-state index >= 15 is 0 Å². The van der Waals surface area contributed by atoms with E-state index in [1.54, 1.807) is 36.1 Å². The average Bonchev–Trinajstić information content (AvgIpc) is 2.67. The summed E-state index contributed by atoms with van der Waals surface area (Å²) in [4.78, 5) is 47.7. The minimum Gasteiger partial charge on any atom is -0.549 e. The molecule has 0 aliphatic rings. The first-order chi connectivity index (χ1) is 14.6. The molecule has 172 valence electrons. The number of carboxylic acid groups (broad SMARTS) is 3. The zero-order chi connectivity index (χ0) is 23.4. The predicted molar refractivity (Wildman–Crippen MR) is 106 cm³/mol. The molecule has 0 spiro atoms. The molecule has 0 saturated heterocycles. The Balaban J connectivity index is 3.11. The molecule has 0 aromatic heterocycles. The van der Waals surface area contributed by atoms with Gasteiger partial charge in [0.25, 0.3) is 0 Å². The van der Waals surface area contributed by atoms with E-state index in [4.69, 9.17) is 0 Å². The molecule has 10 heteroatoms. The van der Waals surface area contributed by atoms with Crippen LogP contribution in [0, 0.1) is 0 Å². The minimum atomic E-state index is -1.45. The Morgan fingerprint density at radius 2 is 1.45 bits per heavy atom. The summed E-state index contributed by atoms with van der Waals surface area (Å²) in [6, 6.07) is 6.20. The Morgan fingerprint density at radius 3 is 1.90 bits per heavy atom. The molecule has 0 heterocycles. The van der Waals surface area contributed by atoms with E-state index in [0.29, 0.717) is 25.1 Å². The number of carboxylic acids is 3. The second-order valence-electron chi connectivity index (χ2n) is 7.21. The van der Waals surface area contributed by atoms with Crippen LogP contribution < -0.4 is 20.6 Å². The van der Waals surface area contributed by atoms with Crippen molar-refractivity contribution in [3.63, 3.8) is 0 Å². The van der Waals surface area contributed by atoms with Crippen LogP contribution in [0.4, 0.5) is 5.69 Å². The molecule has 31 heavy (non-hydrogen) atoms. The van der Waals surface area contributed by atoms with E-state index in [2.05, 4.69) is 5.32 Å². The van der Waals surface area contributed by atoms with Crippen molar-refractivity contribution in [2.45, 2.75) is 39.2 Å². The number of carbonyl (C=O) groups excluding carboxylic acids is 4. The minimum absolute atomic E-state index is 0.108. The maximum Gasteiger partial charge on any atom is 0.224 e. The van der Waals surface area contributed by atoms with E-state index < -0.39 is 37.0 Å². The number of carbonyl (C=O) groups is 4. The molecular formula is C21H28N3O7-3. The van der Waals surface area contributed by atoms with Gasteiger partial charge in [0, 0.05) is 44.3 Å². The van der Waals surface area contributed by atoms with Gasteiger partial charge in [0.05, 0.1) is 17.9 Å². The van der Waals surface area contributed by atoms with Gasteiger partial charge in [-0.3, -0.25) is 14.6 Å². The van der Waals surface area contributed by atoms with Gasteiger partial charge in [0.2, 0.25) is 5.91 Å². The Bertz CT molecular complexity index is 736. The van der Waals surface area contributed by atoms with Crippen LogP contribution in [0.1, 0.15) is 32.3 Å². The lowest BCUT2D eigenvalue weighted by molar-refractivity contribution is -0.312. The van der Waals surface area contributed by atoms with Crippen LogP contribution in [-0.2, 0) is 25.6 Å². The van der Waals surface area contributed by atoms with Crippen LogP contribution >= 0.6 is 0 Å². The number of hydrogen-bond acceptors (Lipinski definition) is 9. The van der Waals surface area contributed by atoms with Gasteiger partial charge >= 0.3 is 0 Å². The summed E-state index contributed by atoms with van der Waals surface area (Å²) in [6.45, 7) is 2.46. The largest absolute Gasteiger partial charge is 0.549 e. The first-order valence-corrected chi connectivity index (χ1v) is 10.1. The maximum absolute atomic E-state index is 11.5. The third-order valence-corrected chi connectivity index (χ3v) is 4.57. The Labute approximate surface area is 181 Å². The lowest BCUT2D eigenvalue weighted by atomic mass is 10.0. The molecule has 0 aliphatic carbocycles. The van der Waals surface area contributed by atoms with Gasteiger partial charge in [-0.1, -0.05) is 26.0 Å². The number of nitrogens with one attached hydrogen (secondary N) is 1. The fourth-order valence-corrected chi connectivity index (χ4v) is 3.23. The van der Waals surface area contributed by atoms with Gasteiger partial charge in [-0.15, -0.1) is 0 Å². The lowest BCUT2D eigenvalue weighted by Crippen LogP contribution is -2.54. The number of aliphatic carboxylic acids is 3. The van der Waals surface area contributed by atoms with Crippen molar-refractivity contribution in [2.75, 3.05) is 38.0 Å². The molecule has 0 fully saturated rings. The molecule has 1 atom stereocenters. The molecule has 0 saturated carbocycles. The monoisotopic (exact) mass is 434 g/mol. The number of rotatable bonds is 15. The second kappa shape index (κ2) is 13.3. The standard InChI is InChI=1S/C21H31N3O7/c1-3-9-23(12-19(26)27)11-17(24(13-20(28)29)14-21(30)31)10-15-5-7-16(8-6-15)22-18(25)4-2/h5-8,17H,3-4,9-14H2,1-2H3,(H,22,25)(H,26,27)(H,28,29)(H,30,31)/p-3. The van der Waals surface area contributed by atoms with E-state index in [-0.39, 0.29) is 25.4 Å². The van der Waals surface area contributed by atoms with Gasteiger partial charge in [-0.25, -0.2) is 0 Å². The molecule has 1 aromatic rings. The summed E-state index contributed by atoms with van der Waals surface area (Å²) in [7, 11) is 0. The van der Waals surface area contributed by atoms with Crippen LogP contribution in [0.15, 0.2) is 24.3 Å². The van der Waals surface area contributed by atoms with E-state index in [9.17, 15) is 34.5 Å². The van der Waals surface area contributed by atoms with Crippen molar-refractivity contribution in [3.8, 4) is 0 Å². The van der Waals surface area contributed by atoms with E-state index in [1.165, 1.54) is 4.90 Å². The summed E-state index contributed by atoms with van der Waals surface area (Å²) in [5.41, 5.74) is 1.35. The molecule has 0 radical (unpaired) electrons. The van der Waals surface area contributed by atoms with Crippen LogP contribution in [0.3, 0.4) is 0 Å². The van der Waals surface area contributed by atoms with Crippen molar-refractivity contribution in [1.82, 2.24) is 9.80 Å². The first kappa shape index (κ1) is 26.1. The fraction of sp³-hybridized carbons (Fsp3) is 0.524. The molecule has 10 nitrogen and oxygen atoms in total. The van der Waals surface area contributed by atoms with Crippen molar-refractivity contribution < 1.29 is 34.5 Å². The van der Waals surface area contributed by atoms with Gasteiger partial charge in [0.15, 0.2) is 0 Å². The maximum atomic E-state index is 11.5. The van der Waals surface area contributed by atoms with E-state index in [1.807, 2.05) is 6.92 Å². The van der Waals surface area contributed by atoms with Crippen molar-refractivity contribution >= 4 is 29.5 Å². The van der Waals surface area contributed by atoms with Crippen LogP contribution in [-0.4, -0.2) is 72.4 Å². The molecule has 1 rings (SSSR count). The average molecular weight is 434 g/mol. The summed E-state index contributed by atoms with van der Waals surface area (Å²) in [5.74, 6) is -4.33. The highest BCUT2D eigenvalue weighted by atomic mass is 16.4. The first-order valence-electron chi connectivity index (χ1n) is 10.1. The number of amides is 1. The molecule has 1 aromatic carbocycles. The molecular weight excluding hydrogens is 406 g/mol. The van der Waals surface area contributed by atoms with Crippen LogP contribution in [0.25, 0.3) is 0 Å². The fourth-order valence-electron chi connectivity index (χ4n) is 3.23. The quantitative estimate of drug-likeness (QED) is 0.308. The van der Waals surface area contributed by atoms with Gasteiger partial charge in [0.1, 0.15) is 0 Å². The smallest absolute Gasteiger partial charge is 0.224 e. The van der Waals surface area contributed by atoms with Crippen molar-refractivity contribution in [3.05, 3.63) is 29.8 Å². The molecule has 1 unspecified atom stereocenters. The summed E-state index contributed by atoms with van der Waals surface area (Å²) < 4.78 is 0. The highest BCUT2D eigenvalue weighted by Crippen LogP contribution is 2.15. The lowest BCUT2D eigenvalue weighted by Gasteiger charge is -2.36. The topological polar surface area (TPSA) is 156 Å². The van der Waals surface area contributed by atoms with Gasteiger partial charge < -0.3 is 35.0 Å². The summed E-state index contributed by atoms with van der Waals surface area (Å²) in [6.07, 6.45) is 1.22. The Morgan fingerprint density at radius 1 is 0.903 bits per heavy atom. The van der Waals surface area contributed by atoms with Gasteiger partial charge in [-0.05, 0) is 37.1 Å². The second-order valence-corrected chi connectivity index (χ2v) is 7.21. The number of hydrogen-bond donors (Lipinski definition) is 1.